The molecule has 1 aliphatic heterocycles. The Kier molecular flexibility index (Phi) is 5.09. The number of nitrogens with zero attached hydrogens (tertiary/aromatic N) is 2. The van der Waals surface area contributed by atoms with Crippen molar-refractivity contribution in [3.63, 3.8) is 0 Å². The lowest BCUT2D eigenvalue weighted by atomic mass is 9.95. The Hall–Kier alpha value is -1.91. The fraction of sp³-hybridized carbons (Fsp3) is 0.533. The molecule has 1 N–H and O–H groups in total. The highest BCUT2D eigenvalue weighted by Gasteiger charge is 2.27. The largest absolute Gasteiger partial charge is 0.356 e. The van der Waals surface area contributed by atoms with Gasteiger partial charge in [-0.2, -0.15) is 0 Å². The molecule has 2 amide bonds. The Bertz CT molecular complexity index is 453. The zero-order chi connectivity index (χ0) is 14.4. The van der Waals surface area contributed by atoms with Crippen LogP contribution in [0.2, 0.25) is 0 Å². The van der Waals surface area contributed by atoms with Gasteiger partial charge in [0.05, 0.1) is 5.56 Å². The number of hydrogen-bond acceptors (Lipinski definition) is 3. The van der Waals surface area contributed by atoms with E-state index in [4.69, 9.17) is 0 Å². The van der Waals surface area contributed by atoms with Gasteiger partial charge >= 0.3 is 0 Å². The second-order valence-corrected chi connectivity index (χ2v) is 5.10. The van der Waals surface area contributed by atoms with Gasteiger partial charge in [-0.25, -0.2) is 0 Å². The predicted molar refractivity (Wildman–Crippen MR) is 76.2 cm³/mol. The molecule has 20 heavy (non-hydrogen) atoms. The van der Waals surface area contributed by atoms with Crippen LogP contribution in [0, 0.1) is 5.92 Å². The molecular formula is C15H21N3O2. The molecule has 0 saturated carbocycles. The average Bonchev–Trinajstić information content (AvgIpc) is 2.53. The number of nitrogens with one attached hydrogen (secondary N) is 1. The first-order valence-electron chi connectivity index (χ1n) is 7.19. The lowest BCUT2D eigenvalue weighted by Gasteiger charge is -2.31. The van der Waals surface area contributed by atoms with Crippen LogP contribution in [0.5, 0.6) is 0 Å². The number of carbonyl (C=O) groups excluding carboxylic acids is 2. The predicted octanol–water partition coefficient (Wildman–Crippen LogP) is 1.46. The molecule has 5 nitrogen and oxygen atoms in total. The second-order valence-electron chi connectivity index (χ2n) is 5.10. The molecule has 1 aliphatic rings. The van der Waals surface area contributed by atoms with Crippen LogP contribution in [0.1, 0.15) is 36.5 Å². The molecule has 0 radical (unpaired) electrons. The minimum atomic E-state index is 0.00511. The summed E-state index contributed by atoms with van der Waals surface area (Å²) in [5.41, 5.74) is 0.612. The SMILES string of the molecule is CCCNC(=O)C1CCN(C(=O)c2cccnc2)CC1. The summed E-state index contributed by atoms with van der Waals surface area (Å²) in [4.78, 5) is 29.9. The number of piperidine rings is 1. The highest BCUT2D eigenvalue weighted by molar-refractivity contribution is 5.94. The number of rotatable bonds is 4. The van der Waals surface area contributed by atoms with Crippen molar-refractivity contribution in [1.82, 2.24) is 15.2 Å². The Balaban J connectivity index is 1.85. The maximum atomic E-state index is 12.2. The van der Waals surface area contributed by atoms with Gasteiger partial charge in [-0.3, -0.25) is 14.6 Å². The van der Waals surface area contributed by atoms with Crippen LogP contribution in [0.15, 0.2) is 24.5 Å². The van der Waals surface area contributed by atoms with Crippen LogP contribution in [0.3, 0.4) is 0 Å². The molecule has 0 spiro atoms. The molecule has 2 rings (SSSR count). The second kappa shape index (κ2) is 7.03. The fourth-order valence-corrected chi connectivity index (χ4v) is 2.41. The van der Waals surface area contributed by atoms with Crippen molar-refractivity contribution >= 4 is 11.8 Å². The van der Waals surface area contributed by atoms with Crippen molar-refractivity contribution in [3.05, 3.63) is 30.1 Å². The van der Waals surface area contributed by atoms with Gasteiger partial charge in [0, 0.05) is 37.9 Å². The third kappa shape index (κ3) is 3.56. The number of likely N-dealkylation sites (tertiary alicyclic amines) is 1. The fourth-order valence-electron chi connectivity index (χ4n) is 2.41. The summed E-state index contributed by atoms with van der Waals surface area (Å²) in [5, 5.41) is 2.93. The summed E-state index contributed by atoms with van der Waals surface area (Å²) in [6, 6.07) is 3.54. The molecule has 0 aromatic carbocycles. The molecule has 5 heteroatoms. The van der Waals surface area contributed by atoms with Gasteiger partial charge in [-0.15, -0.1) is 0 Å². The van der Waals surface area contributed by atoms with Gasteiger partial charge in [-0.05, 0) is 31.4 Å². The topological polar surface area (TPSA) is 62.3 Å². The van der Waals surface area contributed by atoms with Crippen LogP contribution in [-0.4, -0.2) is 41.3 Å². The monoisotopic (exact) mass is 275 g/mol. The molecule has 1 aromatic heterocycles. The van der Waals surface area contributed by atoms with Gasteiger partial charge in [0.25, 0.3) is 5.91 Å². The maximum Gasteiger partial charge on any atom is 0.255 e. The summed E-state index contributed by atoms with van der Waals surface area (Å²) in [6.07, 6.45) is 5.66. The van der Waals surface area contributed by atoms with Gasteiger partial charge in [-0.1, -0.05) is 6.92 Å². The van der Waals surface area contributed by atoms with E-state index < -0.39 is 0 Å². The first kappa shape index (κ1) is 14.5. The summed E-state index contributed by atoms with van der Waals surface area (Å²) in [6.45, 7) is 4.04. The Morgan fingerprint density at radius 2 is 2.15 bits per heavy atom. The van der Waals surface area contributed by atoms with Crippen molar-refractivity contribution in [3.8, 4) is 0 Å². The Morgan fingerprint density at radius 3 is 2.75 bits per heavy atom. The van der Waals surface area contributed by atoms with Crippen molar-refractivity contribution in [2.24, 2.45) is 5.92 Å². The number of aromatic nitrogens is 1. The van der Waals surface area contributed by atoms with Gasteiger partial charge in [0.15, 0.2) is 0 Å². The van der Waals surface area contributed by atoms with Crippen molar-refractivity contribution in [1.29, 1.82) is 0 Å². The van der Waals surface area contributed by atoms with Gasteiger partial charge < -0.3 is 10.2 Å². The van der Waals surface area contributed by atoms with Crippen LogP contribution in [0.25, 0.3) is 0 Å². The van der Waals surface area contributed by atoms with Crippen LogP contribution >= 0.6 is 0 Å². The third-order valence-corrected chi connectivity index (χ3v) is 3.61. The molecular weight excluding hydrogens is 254 g/mol. The number of amides is 2. The molecule has 0 aliphatic carbocycles. The quantitative estimate of drug-likeness (QED) is 0.905. The van der Waals surface area contributed by atoms with E-state index in [0.717, 1.165) is 25.8 Å². The summed E-state index contributed by atoms with van der Waals surface area (Å²) in [5.74, 6) is 0.172. The standard InChI is InChI=1S/C15H21N3O2/c1-2-7-17-14(19)12-5-9-18(10-6-12)15(20)13-4-3-8-16-11-13/h3-4,8,11-12H,2,5-7,9-10H2,1H3,(H,17,19). The van der Waals surface area contributed by atoms with Crippen LogP contribution in [-0.2, 0) is 4.79 Å². The lowest BCUT2D eigenvalue weighted by Crippen LogP contribution is -2.43. The first-order chi connectivity index (χ1) is 9.72. The summed E-state index contributed by atoms with van der Waals surface area (Å²) < 4.78 is 0. The van der Waals surface area contributed by atoms with E-state index in [-0.39, 0.29) is 17.7 Å². The highest BCUT2D eigenvalue weighted by Crippen LogP contribution is 2.19. The number of carbonyl (C=O) groups is 2. The van der Waals surface area contributed by atoms with Gasteiger partial charge in [0.1, 0.15) is 0 Å². The van der Waals surface area contributed by atoms with E-state index >= 15 is 0 Å². The Morgan fingerprint density at radius 1 is 1.40 bits per heavy atom. The third-order valence-electron chi connectivity index (χ3n) is 3.61. The minimum absolute atomic E-state index is 0.00511. The Labute approximate surface area is 119 Å². The molecule has 0 atom stereocenters. The van der Waals surface area contributed by atoms with Crippen LogP contribution in [0.4, 0.5) is 0 Å². The molecule has 2 heterocycles. The van der Waals surface area contributed by atoms with E-state index in [0.29, 0.717) is 18.7 Å². The molecule has 1 aromatic rings. The highest BCUT2D eigenvalue weighted by atomic mass is 16.2. The van der Waals surface area contributed by atoms with E-state index in [1.807, 2.05) is 6.92 Å². The molecule has 1 saturated heterocycles. The van der Waals surface area contributed by atoms with E-state index in [1.54, 1.807) is 29.4 Å². The van der Waals surface area contributed by atoms with Crippen molar-refractivity contribution < 1.29 is 9.59 Å². The smallest absolute Gasteiger partial charge is 0.255 e. The molecule has 0 unspecified atom stereocenters. The summed E-state index contributed by atoms with van der Waals surface area (Å²) in [7, 11) is 0. The molecule has 108 valence electrons. The first-order valence-corrected chi connectivity index (χ1v) is 7.19. The maximum absolute atomic E-state index is 12.2. The number of hydrogen-bond donors (Lipinski definition) is 1. The minimum Gasteiger partial charge on any atom is -0.356 e. The number of pyridine rings is 1. The molecule has 1 fully saturated rings. The normalized spacial score (nSPS) is 15.9. The van der Waals surface area contributed by atoms with E-state index in [2.05, 4.69) is 10.3 Å². The summed E-state index contributed by atoms with van der Waals surface area (Å²) >= 11 is 0. The van der Waals surface area contributed by atoms with E-state index in [9.17, 15) is 9.59 Å². The lowest BCUT2D eigenvalue weighted by molar-refractivity contribution is -0.126. The average molecular weight is 275 g/mol. The zero-order valence-corrected chi connectivity index (χ0v) is 11.8. The zero-order valence-electron chi connectivity index (χ0n) is 11.8. The van der Waals surface area contributed by atoms with Gasteiger partial charge in [0.2, 0.25) is 5.91 Å². The van der Waals surface area contributed by atoms with Crippen molar-refractivity contribution in [2.45, 2.75) is 26.2 Å². The molecule has 0 bridgehead atoms. The van der Waals surface area contributed by atoms with Crippen molar-refractivity contribution in [2.75, 3.05) is 19.6 Å². The van der Waals surface area contributed by atoms with Crippen LogP contribution < -0.4 is 5.32 Å². The van der Waals surface area contributed by atoms with E-state index in [1.165, 1.54) is 0 Å².